The fourth-order valence-corrected chi connectivity index (χ4v) is 13.0. The Morgan fingerprint density at radius 1 is 0.537 bits per heavy atom. The number of ketones is 1. The fourth-order valence-electron chi connectivity index (χ4n) is 11.8. The number of carbonyl (C=O) groups is 11. The van der Waals surface area contributed by atoms with E-state index in [-0.39, 0.29) is 62.0 Å². The van der Waals surface area contributed by atoms with E-state index in [0.29, 0.717) is 18.6 Å². The van der Waals surface area contributed by atoms with Gasteiger partial charge in [-0.3, -0.25) is 57.6 Å². The number of carbonyl (C=O) groups excluding carboxylic acids is 11. The van der Waals surface area contributed by atoms with Crippen molar-refractivity contribution in [1.29, 1.82) is 0 Å². The number of thioether (sulfide) groups is 1. The maximum absolute atomic E-state index is 15.3. The molecule has 14 atom stereocenters. The van der Waals surface area contributed by atoms with Crippen LogP contribution >= 0.6 is 11.8 Å². The lowest BCUT2D eigenvalue weighted by molar-refractivity contribution is -0.157. The molecular weight excluding hydrogens is 1240 g/mol. The Labute approximate surface area is 573 Å². The van der Waals surface area contributed by atoms with Crippen LogP contribution in [0.15, 0.2) is 12.2 Å². The van der Waals surface area contributed by atoms with Crippen molar-refractivity contribution in [3.05, 3.63) is 12.2 Å². The van der Waals surface area contributed by atoms with Gasteiger partial charge in [0.25, 0.3) is 0 Å². The van der Waals surface area contributed by atoms with Gasteiger partial charge in [-0.05, 0) is 135 Å². The molecule has 95 heavy (non-hydrogen) atoms. The SMILES string of the molecule is CC=CC[C@@H](C)[C@@H](O)[C@H]1C(=O)N[C@@H](CC)C(=O)N(C)[C@H](CSCCCC(C)O)C(=O)CN(C)[C@@H](CC(C)(C)O)C(=O)N[C@@H](C(C)C)C(=O)N(C)[C@@H](CC(C)C)C(=O)N[C@@H](C)C(=O)N[C@H](C)C(=O)N(C)[C@@H](CC(C)C)C(=O)N(C)[C@@H](CC(C)C)C(=O)N(C)[C@@H](C(C)C)C(=O)N1C. The lowest BCUT2D eigenvalue weighted by atomic mass is 9.91. The number of rotatable bonds is 21. The number of nitrogens with one attached hydrogen (secondary N) is 4. The third-order valence-corrected chi connectivity index (χ3v) is 18.9. The molecule has 0 aromatic heterocycles. The van der Waals surface area contributed by atoms with Gasteiger partial charge in [0, 0.05) is 54.5 Å². The molecule has 1 unspecified atom stereocenters. The summed E-state index contributed by atoms with van der Waals surface area (Å²) in [4.78, 5) is 172. The van der Waals surface area contributed by atoms with Gasteiger partial charge in [0.15, 0.2) is 5.78 Å². The molecule has 7 N–H and O–H groups in total. The minimum Gasteiger partial charge on any atom is -0.393 e. The summed E-state index contributed by atoms with van der Waals surface area (Å²) in [6.07, 6.45) is 2.93. The molecule has 1 heterocycles. The molecule has 1 rings (SSSR count). The first-order chi connectivity index (χ1) is 43.8. The molecule has 26 heteroatoms. The van der Waals surface area contributed by atoms with Crippen molar-refractivity contribution in [3.8, 4) is 0 Å². The number of likely N-dealkylation sites (N-methyl/N-ethyl adjacent to an activating group) is 7. The zero-order chi connectivity index (χ0) is 73.6. The Kier molecular flexibility index (Phi) is 37.0. The monoisotopic (exact) mass is 1360 g/mol. The second-order valence-electron chi connectivity index (χ2n) is 29.2. The van der Waals surface area contributed by atoms with Crippen LogP contribution in [0.5, 0.6) is 0 Å². The molecule has 0 bridgehead atoms. The van der Waals surface area contributed by atoms with E-state index in [1.165, 1.54) is 118 Å². The summed E-state index contributed by atoms with van der Waals surface area (Å²) in [5, 5.41) is 44.7. The highest BCUT2D eigenvalue weighted by Crippen LogP contribution is 2.27. The molecule has 1 aliphatic rings. The molecule has 1 aliphatic heterocycles. The van der Waals surface area contributed by atoms with Crippen molar-refractivity contribution in [2.45, 2.75) is 260 Å². The minimum absolute atomic E-state index is 0.0144. The Balaban J connectivity index is 4.51. The summed E-state index contributed by atoms with van der Waals surface area (Å²) in [5.74, 6) is -9.38. The average Bonchev–Trinajstić information content (AvgIpc) is 0.809. The van der Waals surface area contributed by atoms with Gasteiger partial charge >= 0.3 is 0 Å². The van der Waals surface area contributed by atoms with E-state index in [2.05, 4.69) is 21.3 Å². The summed E-state index contributed by atoms with van der Waals surface area (Å²) in [5.41, 5.74) is -1.51. The zero-order valence-electron chi connectivity index (χ0n) is 62.3. The van der Waals surface area contributed by atoms with Crippen molar-refractivity contribution in [1.82, 2.24) is 55.6 Å². The van der Waals surface area contributed by atoms with E-state index in [9.17, 15) is 44.1 Å². The molecule has 0 saturated carbocycles. The summed E-state index contributed by atoms with van der Waals surface area (Å²) < 4.78 is 0. The second kappa shape index (κ2) is 40.3. The molecule has 0 aliphatic carbocycles. The lowest BCUT2D eigenvalue weighted by Gasteiger charge is -2.41. The second-order valence-corrected chi connectivity index (χ2v) is 30.3. The van der Waals surface area contributed by atoms with Crippen LogP contribution in [-0.4, -0.2) is 266 Å². The predicted molar refractivity (Wildman–Crippen MR) is 372 cm³/mol. The smallest absolute Gasteiger partial charge is 0.246 e. The quantitative estimate of drug-likeness (QED) is 0.0637. The standard InChI is InChI=1S/C69H125N11O14S/c1-26-28-30-44(13)58(83)57-62(87)72-48(27-2)64(89)78(23)53(38-95-32-29-31-45(14)81)54(82)37-74(19)52(36-69(17,18)94)61(86)73-55(42(9)10)67(92)75(20)49(33-39(3)4)60(85)70-46(15)59(84)71-47(16)63(88)76(21)50(34-40(5)6)65(90)77(22)51(35-41(7)8)66(91)79(24)56(43(11)12)68(93)80(57)25/h26,28,39-53,55-58,81,83,94H,27,29-38H2,1-25H3,(H,70,85)(H,71,84)(H,72,87)(H,73,86)/t44-,45?,46+,47-,48+,49+,50+,51+,52+,53-,55+,56+,57+,58-/m1/s1. The first-order valence-corrected chi connectivity index (χ1v) is 35.3. The highest BCUT2D eigenvalue weighted by atomic mass is 32.2. The number of Topliss-reactive ketones (excluding diaryl/α,β-unsaturated/α-hetero) is 1. The van der Waals surface area contributed by atoms with Gasteiger partial charge in [0.05, 0.1) is 30.4 Å². The highest BCUT2D eigenvalue weighted by Gasteiger charge is 2.46. The van der Waals surface area contributed by atoms with E-state index in [0.717, 1.165) is 4.90 Å². The van der Waals surface area contributed by atoms with Crippen LogP contribution in [0.25, 0.3) is 0 Å². The maximum Gasteiger partial charge on any atom is 0.246 e. The van der Waals surface area contributed by atoms with Crippen LogP contribution in [0, 0.1) is 35.5 Å². The summed E-state index contributed by atoms with van der Waals surface area (Å²) >= 11 is 1.36. The number of aliphatic hydroxyl groups is 3. The van der Waals surface area contributed by atoms with Gasteiger partial charge < -0.3 is 66.0 Å². The topological polar surface area (TPSA) is 319 Å². The van der Waals surface area contributed by atoms with Crippen LogP contribution in [0.1, 0.15) is 176 Å². The third-order valence-electron chi connectivity index (χ3n) is 17.8. The lowest BCUT2D eigenvalue weighted by Crippen LogP contribution is -2.64. The van der Waals surface area contributed by atoms with Gasteiger partial charge in [0.2, 0.25) is 59.1 Å². The van der Waals surface area contributed by atoms with E-state index in [1.807, 2.05) is 41.5 Å². The van der Waals surface area contributed by atoms with Gasteiger partial charge in [-0.15, -0.1) is 0 Å². The molecule has 0 aromatic carbocycles. The molecule has 0 aromatic rings. The van der Waals surface area contributed by atoms with Crippen LogP contribution in [-0.2, 0) is 52.7 Å². The number of hydrogen-bond donors (Lipinski definition) is 7. The zero-order valence-corrected chi connectivity index (χ0v) is 63.1. The maximum atomic E-state index is 15.3. The molecule has 1 fully saturated rings. The van der Waals surface area contributed by atoms with Gasteiger partial charge in [-0.1, -0.05) is 95.2 Å². The Hall–Kier alpha value is -5.70. The first kappa shape index (κ1) is 87.3. The molecule has 0 spiro atoms. The minimum atomic E-state index is -1.65. The molecule has 10 amide bonds. The van der Waals surface area contributed by atoms with Crippen molar-refractivity contribution >= 4 is 76.6 Å². The summed E-state index contributed by atoms with van der Waals surface area (Å²) in [6.45, 7) is 30.2. The number of nitrogens with zero attached hydrogens (tertiary/aromatic N) is 7. The van der Waals surface area contributed by atoms with Gasteiger partial charge in [-0.25, -0.2) is 0 Å². The Bertz CT molecular complexity index is 2580. The van der Waals surface area contributed by atoms with E-state index >= 15 is 24.0 Å². The molecule has 0 radical (unpaired) electrons. The number of aliphatic hydroxyl groups excluding tert-OH is 2. The van der Waals surface area contributed by atoms with Gasteiger partial charge in [0.1, 0.15) is 60.4 Å². The van der Waals surface area contributed by atoms with Crippen LogP contribution in [0.3, 0.4) is 0 Å². The number of hydrogen-bond acceptors (Lipinski definition) is 16. The Morgan fingerprint density at radius 3 is 1.47 bits per heavy atom. The largest absolute Gasteiger partial charge is 0.393 e. The van der Waals surface area contributed by atoms with Gasteiger partial charge in [-0.2, -0.15) is 11.8 Å². The Morgan fingerprint density at radius 2 is 1.00 bits per heavy atom. The van der Waals surface area contributed by atoms with E-state index < -0.39 is 173 Å². The number of allylic oxidation sites excluding steroid dienone is 2. The third kappa shape index (κ3) is 26.6. The highest BCUT2D eigenvalue weighted by molar-refractivity contribution is 7.99. The number of amides is 10. The predicted octanol–water partition coefficient (Wildman–Crippen LogP) is 3.69. The summed E-state index contributed by atoms with van der Waals surface area (Å²) in [6, 6.07) is -14.0. The molecule has 25 nitrogen and oxygen atoms in total. The van der Waals surface area contributed by atoms with Crippen LogP contribution in [0.2, 0.25) is 0 Å². The molecule has 1 saturated heterocycles. The van der Waals surface area contributed by atoms with Crippen molar-refractivity contribution in [2.75, 3.05) is 67.4 Å². The van der Waals surface area contributed by atoms with Crippen molar-refractivity contribution in [2.24, 2.45) is 35.5 Å². The average molecular weight is 1360 g/mol. The van der Waals surface area contributed by atoms with Crippen molar-refractivity contribution < 1.29 is 68.1 Å². The van der Waals surface area contributed by atoms with E-state index in [1.54, 1.807) is 67.5 Å². The van der Waals surface area contributed by atoms with E-state index in [4.69, 9.17) is 0 Å². The fraction of sp³-hybridized carbons (Fsp3) is 0.812. The molecular formula is C69H125N11O14S. The normalized spacial score (nSPS) is 26.9. The first-order valence-electron chi connectivity index (χ1n) is 34.1. The van der Waals surface area contributed by atoms with Crippen LogP contribution in [0.4, 0.5) is 0 Å². The van der Waals surface area contributed by atoms with Crippen LogP contribution < -0.4 is 21.3 Å². The van der Waals surface area contributed by atoms with Crippen molar-refractivity contribution in [3.63, 3.8) is 0 Å². The summed E-state index contributed by atoms with van der Waals surface area (Å²) in [7, 11) is 10.0. The molecule has 546 valence electrons.